The van der Waals surface area contributed by atoms with Crippen LogP contribution in [0.4, 0.5) is 0 Å². The standard InChI is InChI=1S/C16H21N3O/c1-3-14-10-15(19(4-2)18-14)11-16(20)8-7-13-6-5-9-17-12-13/h5-6,9-10,12H,3-4,7-8,11H2,1-2H3. The Balaban J connectivity index is 1.92. The molecule has 0 spiro atoms. The van der Waals surface area contributed by atoms with E-state index in [2.05, 4.69) is 23.9 Å². The Labute approximate surface area is 119 Å². The van der Waals surface area contributed by atoms with Gasteiger partial charge in [-0.3, -0.25) is 14.5 Å². The van der Waals surface area contributed by atoms with Gasteiger partial charge in [-0.15, -0.1) is 0 Å². The molecule has 0 bridgehead atoms. The maximum Gasteiger partial charge on any atom is 0.139 e. The normalized spacial score (nSPS) is 10.7. The average molecular weight is 271 g/mol. The fourth-order valence-electron chi connectivity index (χ4n) is 2.22. The van der Waals surface area contributed by atoms with Gasteiger partial charge in [-0.25, -0.2) is 0 Å². The molecule has 2 aromatic heterocycles. The van der Waals surface area contributed by atoms with Crippen molar-refractivity contribution in [3.05, 3.63) is 47.5 Å². The molecule has 106 valence electrons. The van der Waals surface area contributed by atoms with Crippen molar-refractivity contribution in [3.8, 4) is 0 Å². The molecule has 4 heteroatoms. The molecule has 4 nitrogen and oxygen atoms in total. The molecule has 2 rings (SSSR count). The largest absolute Gasteiger partial charge is 0.299 e. The fraction of sp³-hybridized carbons (Fsp3) is 0.438. The zero-order valence-electron chi connectivity index (χ0n) is 12.2. The second-order valence-corrected chi connectivity index (χ2v) is 4.87. The molecular formula is C16H21N3O. The zero-order chi connectivity index (χ0) is 14.4. The summed E-state index contributed by atoms with van der Waals surface area (Å²) in [6.07, 6.45) is 6.26. The van der Waals surface area contributed by atoms with E-state index in [0.717, 1.165) is 36.3 Å². The maximum absolute atomic E-state index is 12.1. The Hall–Kier alpha value is -1.97. The molecule has 0 aliphatic carbocycles. The first-order chi connectivity index (χ1) is 9.72. The van der Waals surface area contributed by atoms with Gasteiger partial charge in [-0.1, -0.05) is 13.0 Å². The highest BCUT2D eigenvalue weighted by atomic mass is 16.1. The van der Waals surface area contributed by atoms with Crippen LogP contribution in [-0.4, -0.2) is 20.5 Å². The third kappa shape index (κ3) is 3.76. The lowest BCUT2D eigenvalue weighted by atomic mass is 10.1. The average Bonchev–Trinajstić information content (AvgIpc) is 2.88. The van der Waals surface area contributed by atoms with Gasteiger partial charge < -0.3 is 0 Å². The molecule has 0 atom stereocenters. The molecular weight excluding hydrogens is 250 g/mol. The van der Waals surface area contributed by atoms with Crippen molar-refractivity contribution in [3.63, 3.8) is 0 Å². The Morgan fingerprint density at radius 3 is 2.85 bits per heavy atom. The summed E-state index contributed by atoms with van der Waals surface area (Å²) in [6, 6.07) is 5.96. The monoisotopic (exact) mass is 271 g/mol. The van der Waals surface area contributed by atoms with Crippen molar-refractivity contribution in [1.29, 1.82) is 0 Å². The molecule has 0 saturated carbocycles. The van der Waals surface area contributed by atoms with E-state index in [1.54, 1.807) is 6.20 Å². The molecule has 2 heterocycles. The first-order valence-electron chi connectivity index (χ1n) is 7.19. The van der Waals surface area contributed by atoms with Gasteiger partial charge in [-0.05, 0) is 37.5 Å². The number of aryl methyl sites for hydroxylation is 3. The van der Waals surface area contributed by atoms with E-state index in [4.69, 9.17) is 0 Å². The lowest BCUT2D eigenvalue weighted by Crippen LogP contribution is -2.10. The van der Waals surface area contributed by atoms with E-state index in [1.807, 2.05) is 29.1 Å². The van der Waals surface area contributed by atoms with Crippen LogP contribution in [0.15, 0.2) is 30.6 Å². The second kappa shape index (κ2) is 6.98. The van der Waals surface area contributed by atoms with Gasteiger partial charge in [0.15, 0.2) is 0 Å². The van der Waals surface area contributed by atoms with Crippen LogP contribution >= 0.6 is 0 Å². The molecule has 0 aliphatic rings. The highest BCUT2D eigenvalue weighted by Gasteiger charge is 2.10. The van der Waals surface area contributed by atoms with Crippen LogP contribution in [-0.2, 0) is 30.6 Å². The summed E-state index contributed by atoms with van der Waals surface area (Å²) in [5.41, 5.74) is 3.20. The minimum atomic E-state index is 0.256. The van der Waals surface area contributed by atoms with E-state index < -0.39 is 0 Å². The smallest absolute Gasteiger partial charge is 0.139 e. The molecule has 0 N–H and O–H groups in total. The third-order valence-corrected chi connectivity index (χ3v) is 3.37. The number of hydrogen-bond acceptors (Lipinski definition) is 3. The molecule has 0 aliphatic heterocycles. The van der Waals surface area contributed by atoms with Crippen LogP contribution in [0.1, 0.15) is 37.2 Å². The van der Waals surface area contributed by atoms with Crippen molar-refractivity contribution in [2.75, 3.05) is 0 Å². The number of carbonyl (C=O) groups is 1. The number of carbonyl (C=O) groups excluding carboxylic acids is 1. The van der Waals surface area contributed by atoms with E-state index in [-0.39, 0.29) is 5.78 Å². The summed E-state index contributed by atoms with van der Waals surface area (Å²) in [5, 5.41) is 4.47. The van der Waals surface area contributed by atoms with Gasteiger partial charge in [0.05, 0.1) is 5.69 Å². The van der Waals surface area contributed by atoms with Crippen LogP contribution in [0.2, 0.25) is 0 Å². The highest BCUT2D eigenvalue weighted by Crippen LogP contribution is 2.09. The quantitative estimate of drug-likeness (QED) is 0.777. The van der Waals surface area contributed by atoms with Crippen LogP contribution in [0.25, 0.3) is 0 Å². The molecule has 0 unspecified atom stereocenters. The van der Waals surface area contributed by atoms with Crippen molar-refractivity contribution in [2.45, 2.75) is 46.1 Å². The Bertz CT molecular complexity index is 560. The Kier molecular flexibility index (Phi) is 5.04. The van der Waals surface area contributed by atoms with Gasteiger partial charge >= 0.3 is 0 Å². The van der Waals surface area contributed by atoms with E-state index in [9.17, 15) is 4.79 Å². The van der Waals surface area contributed by atoms with Gasteiger partial charge in [0.1, 0.15) is 5.78 Å². The minimum Gasteiger partial charge on any atom is -0.299 e. The number of pyridine rings is 1. The van der Waals surface area contributed by atoms with Crippen LogP contribution in [0.3, 0.4) is 0 Å². The topological polar surface area (TPSA) is 47.8 Å². The highest BCUT2D eigenvalue weighted by molar-refractivity contribution is 5.80. The van der Waals surface area contributed by atoms with Crippen LogP contribution < -0.4 is 0 Å². The predicted molar refractivity (Wildman–Crippen MR) is 78.5 cm³/mol. The summed E-state index contributed by atoms with van der Waals surface area (Å²) in [7, 11) is 0. The summed E-state index contributed by atoms with van der Waals surface area (Å²) in [5.74, 6) is 0.256. The number of Topliss-reactive ketones (excluding diaryl/α,β-unsaturated/α-hetero) is 1. The van der Waals surface area contributed by atoms with E-state index in [0.29, 0.717) is 12.8 Å². The van der Waals surface area contributed by atoms with E-state index >= 15 is 0 Å². The zero-order valence-corrected chi connectivity index (χ0v) is 12.2. The summed E-state index contributed by atoms with van der Waals surface area (Å²) in [6.45, 7) is 4.94. The lowest BCUT2D eigenvalue weighted by Gasteiger charge is -2.04. The number of rotatable bonds is 7. The first-order valence-corrected chi connectivity index (χ1v) is 7.19. The number of ketones is 1. The van der Waals surface area contributed by atoms with Gasteiger partial charge in [-0.2, -0.15) is 5.10 Å². The Morgan fingerprint density at radius 2 is 2.20 bits per heavy atom. The SMILES string of the molecule is CCc1cc(CC(=O)CCc2cccnc2)n(CC)n1. The molecule has 0 radical (unpaired) electrons. The third-order valence-electron chi connectivity index (χ3n) is 3.37. The van der Waals surface area contributed by atoms with Crippen LogP contribution in [0, 0.1) is 0 Å². The van der Waals surface area contributed by atoms with E-state index in [1.165, 1.54) is 0 Å². The lowest BCUT2D eigenvalue weighted by molar-refractivity contribution is -0.118. The Morgan fingerprint density at radius 1 is 1.35 bits per heavy atom. The van der Waals surface area contributed by atoms with Gasteiger partial charge in [0.25, 0.3) is 0 Å². The molecule has 0 aromatic carbocycles. The van der Waals surface area contributed by atoms with Crippen molar-refractivity contribution < 1.29 is 4.79 Å². The molecule has 0 fully saturated rings. The predicted octanol–water partition coefficient (Wildman–Crippen LogP) is 2.60. The number of nitrogens with zero attached hydrogens (tertiary/aromatic N) is 3. The van der Waals surface area contributed by atoms with Crippen molar-refractivity contribution in [1.82, 2.24) is 14.8 Å². The second-order valence-electron chi connectivity index (χ2n) is 4.87. The van der Waals surface area contributed by atoms with Crippen LogP contribution in [0.5, 0.6) is 0 Å². The molecule has 0 saturated heterocycles. The number of hydrogen-bond donors (Lipinski definition) is 0. The molecule has 0 amide bonds. The molecule has 2 aromatic rings. The maximum atomic E-state index is 12.1. The summed E-state index contributed by atoms with van der Waals surface area (Å²) >= 11 is 0. The minimum absolute atomic E-state index is 0.256. The van der Waals surface area contributed by atoms with Crippen molar-refractivity contribution in [2.24, 2.45) is 0 Å². The fourth-order valence-corrected chi connectivity index (χ4v) is 2.22. The van der Waals surface area contributed by atoms with Gasteiger partial charge in [0, 0.05) is 37.5 Å². The molecule has 20 heavy (non-hydrogen) atoms. The van der Waals surface area contributed by atoms with Gasteiger partial charge in [0.2, 0.25) is 0 Å². The van der Waals surface area contributed by atoms with Crippen molar-refractivity contribution >= 4 is 5.78 Å². The summed E-state index contributed by atoms with van der Waals surface area (Å²) < 4.78 is 1.93. The summed E-state index contributed by atoms with van der Waals surface area (Å²) in [4.78, 5) is 16.2. The number of aromatic nitrogens is 3. The first kappa shape index (κ1) is 14.4.